The molecule has 0 unspecified atom stereocenters. The molecular formula is C23H26N2O4S. The second kappa shape index (κ2) is 7.65. The highest BCUT2D eigenvalue weighted by atomic mass is 32.2. The average Bonchev–Trinajstić information content (AvgIpc) is 3.11. The fourth-order valence-corrected chi connectivity index (χ4v) is 5.21. The minimum absolute atomic E-state index is 0.0369. The molecule has 1 aromatic heterocycles. The summed E-state index contributed by atoms with van der Waals surface area (Å²) in [5.41, 5.74) is 4.02. The first-order chi connectivity index (χ1) is 14.2. The molecule has 1 N–H and O–H groups in total. The van der Waals surface area contributed by atoms with Crippen LogP contribution in [0.4, 0.5) is 0 Å². The second-order valence-electron chi connectivity index (χ2n) is 8.58. The summed E-state index contributed by atoms with van der Waals surface area (Å²) < 4.78 is 32.7. The number of H-pyrrole nitrogens is 1. The van der Waals surface area contributed by atoms with Crippen LogP contribution in [0.25, 0.3) is 22.2 Å². The number of ether oxygens (including phenoxy) is 1. The van der Waals surface area contributed by atoms with Gasteiger partial charge in [-0.1, -0.05) is 45.0 Å². The third kappa shape index (κ3) is 3.69. The maximum Gasteiger partial charge on any atom is 0.243 e. The number of aromatic nitrogens is 1. The van der Waals surface area contributed by atoms with Gasteiger partial charge in [-0.2, -0.15) is 4.31 Å². The Morgan fingerprint density at radius 1 is 1.03 bits per heavy atom. The minimum Gasteiger partial charge on any atom is -0.379 e. The molecule has 0 bridgehead atoms. The maximum absolute atomic E-state index is 13.0. The number of benzene rings is 2. The van der Waals surface area contributed by atoms with Crippen LogP contribution in [0.2, 0.25) is 0 Å². The molecule has 0 amide bonds. The predicted molar refractivity (Wildman–Crippen MR) is 117 cm³/mol. The zero-order valence-electron chi connectivity index (χ0n) is 17.4. The Kier molecular flexibility index (Phi) is 5.30. The summed E-state index contributed by atoms with van der Waals surface area (Å²) in [5, 5.41) is 0.606. The highest BCUT2D eigenvalue weighted by Crippen LogP contribution is 2.33. The van der Waals surface area contributed by atoms with E-state index in [4.69, 9.17) is 4.74 Å². The highest BCUT2D eigenvalue weighted by Gasteiger charge is 2.27. The molecule has 6 nitrogen and oxygen atoms in total. The first-order valence-electron chi connectivity index (χ1n) is 10.0. The van der Waals surface area contributed by atoms with E-state index in [2.05, 4.69) is 37.9 Å². The van der Waals surface area contributed by atoms with E-state index in [1.165, 1.54) is 9.87 Å². The van der Waals surface area contributed by atoms with Crippen LogP contribution in [-0.2, 0) is 20.2 Å². The molecule has 30 heavy (non-hydrogen) atoms. The van der Waals surface area contributed by atoms with Gasteiger partial charge in [0.25, 0.3) is 0 Å². The lowest BCUT2D eigenvalue weighted by atomic mass is 9.86. The summed E-state index contributed by atoms with van der Waals surface area (Å²) >= 11 is 0. The van der Waals surface area contributed by atoms with E-state index in [0.29, 0.717) is 42.9 Å². The number of rotatable bonds is 4. The fourth-order valence-electron chi connectivity index (χ4n) is 3.78. The van der Waals surface area contributed by atoms with Crippen LogP contribution in [0.1, 0.15) is 36.7 Å². The molecule has 0 atom stereocenters. The van der Waals surface area contributed by atoms with Crippen molar-refractivity contribution < 1.29 is 17.9 Å². The molecule has 2 aromatic carbocycles. The predicted octanol–water partition coefficient (Wildman–Crippen LogP) is 3.97. The van der Waals surface area contributed by atoms with E-state index in [-0.39, 0.29) is 10.3 Å². The van der Waals surface area contributed by atoms with Crippen molar-refractivity contribution in [3.63, 3.8) is 0 Å². The molecule has 158 valence electrons. The van der Waals surface area contributed by atoms with E-state index in [0.717, 1.165) is 17.4 Å². The zero-order chi connectivity index (χ0) is 21.5. The van der Waals surface area contributed by atoms with Crippen LogP contribution in [0, 0.1) is 0 Å². The lowest BCUT2D eigenvalue weighted by molar-refractivity contribution is 0.0730. The van der Waals surface area contributed by atoms with Gasteiger partial charge >= 0.3 is 0 Å². The Labute approximate surface area is 176 Å². The zero-order valence-corrected chi connectivity index (χ0v) is 18.3. The number of hydrogen-bond acceptors (Lipinski definition) is 4. The van der Waals surface area contributed by atoms with Crippen molar-refractivity contribution in [2.45, 2.75) is 31.1 Å². The highest BCUT2D eigenvalue weighted by molar-refractivity contribution is 7.89. The monoisotopic (exact) mass is 426 g/mol. The Balaban J connectivity index is 1.78. The molecule has 3 aromatic rings. The topological polar surface area (TPSA) is 79.5 Å². The number of morpholine rings is 1. The maximum atomic E-state index is 13.0. The Morgan fingerprint density at radius 3 is 2.30 bits per heavy atom. The quantitative estimate of drug-likeness (QED) is 0.641. The Hall–Kier alpha value is -2.48. The number of aldehydes is 1. The van der Waals surface area contributed by atoms with Crippen LogP contribution in [0.3, 0.4) is 0 Å². The van der Waals surface area contributed by atoms with Gasteiger partial charge in [-0.25, -0.2) is 8.42 Å². The third-order valence-corrected chi connectivity index (χ3v) is 7.47. The van der Waals surface area contributed by atoms with Crippen molar-refractivity contribution in [3.8, 4) is 11.3 Å². The van der Waals surface area contributed by atoms with Gasteiger partial charge in [-0.15, -0.1) is 0 Å². The van der Waals surface area contributed by atoms with Crippen molar-refractivity contribution >= 4 is 27.2 Å². The number of carbonyl (C=O) groups is 1. The normalized spacial score (nSPS) is 16.1. The molecule has 0 aliphatic carbocycles. The minimum atomic E-state index is -3.63. The van der Waals surface area contributed by atoms with Crippen molar-refractivity contribution in [1.82, 2.24) is 9.29 Å². The smallest absolute Gasteiger partial charge is 0.243 e. The summed E-state index contributed by atoms with van der Waals surface area (Å²) in [6.07, 6.45) is 0.789. The summed E-state index contributed by atoms with van der Waals surface area (Å²) in [5.74, 6) is 0. The summed E-state index contributed by atoms with van der Waals surface area (Å²) in [4.78, 5) is 15.4. The summed E-state index contributed by atoms with van der Waals surface area (Å²) in [6, 6.07) is 13.0. The van der Waals surface area contributed by atoms with E-state index >= 15 is 0 Å². The first-order valence-corrected chi connectivity index (χ1v) is 11.5. The SMILES string of the molecule is CC(C)(C)c1ccc(-c2[nH]c3ccc(S(=O)(=O)N4CCOCC4)cc3c2C=O)cc1. The fraction of sp³-hybridized carbons (Fsp3) is 0.348. The molecule has 0 saturated carbocycles. The van der Waals surface area contributed by atoms with Crippen LogP contribution in [0.5, 0.6) is 0 Å². The van der Waals surface area contributed by atoms with Gasteiger partial charge in [0.1, 0.15) is 0 Å². The molecule has 0 radical (unpaired) electrons. The molecule has 1 fully saturated rings. The molecule has 4 rings (SSSR count). The first kappa shape index (κ1) is 20.8. The number of nitrogens with one attached hydrogen (secondary N) is 1. The number of sulfonamides is 1. The van der Waals surface area contributed by atoms with Gasteiger partial charge < -0.3 is 9.72 Å². The van der Waals surface area contributed by atoms with Gasteiger partial charge in [-0.3, -0.25) is 4.79 Å². The van der Waals surface area contributed by atoms with Crippen LogP contribution >= 0.6 is 0 Å². The van der Waals surface area contributed by atoms with E-state index < -0.39 is 10.0 Å². The standard InChI is InChI=1S/C23H26N2O4S/c1-23(2,3)17-6-4-16(5-7-17)22-20(15-26)19-14-18(8-9-21(19)24-22)30(27,28)25-10-12-29-13-11-25/h4-9,14-15,24H,10-13H2,1-3H3. The third-order valence-electron chi connectivity index (χ3n) is 5.58. The molecule has 2 heterocycles. The number of nitrogens with zero attached hydrogens (tertiary/aromatic N) is 1. The lowest BCUT2D eigenvalue weighted by Gasteiger charge is -2.26. The van der Waals surface area contributed by atoms with Gasteiger partial charge in [0, 0.05) is 29.6 Å². The second-order valence-corrected chi connectivity index (χ2v) is 10.5. The Morgan fingerprint density at radius 2 is 1.70 bits per heavy atom. The van der Waals surface area contributed by atoms with Crippen LogP contribution < -0.4 is 0 Å². The van der Waals surface area contributed by atoms with E-state index in [9.17, 15) is 13.2 Å². The average molecular weight is 427 g/mol. The molecule has 1 saturated heterocycles. The van der Waals surface area contributed by atoms with Crippen LogP contribution in [0.15, 0.2) is 47.4 Å². The largest absolute Gasteiger partial charge is 0.379 e. The number of carbonyl (C=O) groups excluding carboxylic acids is 1. The molecule has 1 aliphatic heterocycles. The van der Waals surface area contributed by atoms with E-state index in [1.807, 2.05) is 12.1 Å². The van der Waals surface area contributed by atoms with Crippen LogP contribution in [-0.4, -0.2) is 50.3 Å². The van der Waals surface area contributed by atoms with Gasteiger partial charge in [-0.05, 0) is 34.7 Å². The van der Waals surface area contributed by atoms with Crippen molar-refractivity contribution in [2.24, 2.45) is 0 Å². The van der Waals surface area contributed by atoms with Gasteiger partial charge in [0.15, 0.2) is 6.29 Å². The summed E-state index contributed by atoms with van der Waals surface area (Å²) in [6.45, 7) is 7.90. The Bertz CT molecular complexity index is 1180. The number of fused-ring (bicyclic) bond motifs is 1. The van der Waals surface area contributed by atoms with Crippen molar-refractivity contribution in [3.05, 3.63) is 53.6 Å². The molecule has 7 heteroatoms. The van der Waals surface area contributed by atoms with Crippen molar-refractivity contribution in [1.29, 1.82) is 0 Å². The molecule has 0 spiro atoms. The lowest BCUT2D eigenvalue weighted by Crippen LogP contribution is -2.40. The molecular weight excluding hydrogens is 400 g/mol. The van der Waals surface area contributed by atoms with Gasteiger partial charge in [0.2, 0.25) is 10.0 Å². The number of aromatic amines is 1. The van der Waals surface area contributed by atoms with E-state index in [1.54, 1.807) is 18.2 Å². The van der Waals surface area contributed by atoms with Gasteiger partial charge in [0.05, 0.1) is 23.8 Å². The molecule has 1 aliphatic rings. The van der Waals surface area contributed by atoms with Crippen molar-refractivity contribution in [2.75, 3.05) is 26.3 Å². The number of hydrogen-bond donors (Lipinski definition) is 1. The summed E-state index contributed by atoms with van der Waals surface area (Å²) in [7, 11) is -3.63.